The molecule has 3 aromatic carbocycles. The maximum absolute atomic E-state index is 12.7. The third-order valence-electron chi connectivity index (χ3n) is 5.58. The van der Waals surface area contributed by atoms with Crippen LogP contribution < -0.4 is 30.2 Å². The molecule has 0 aliphatic carbocycles. The van der Waals surface area contributed by atoms with Crippen molar-refractivity contribution in [2.24, 2.45) is 0 Å². The summed E-state index contributed by atoms with van der Waals surface area (Å²) in [6, 6.07) is 17.2. The van der Waals surface area contributed by atoms with Crippen molar-refractivity contribution >= 4 is 39.9 Å². The number of benzene rings is 3. The van der Waals surface area contributed by atoms with E-state index >= 15 is 0 Å². The fraction of sp³-hybridized carbons (Fsp3) is 0.138. The molecular formula is C29H28N4O5. The van der Waals surface area contributed by atoms with Crippen LogP contribution >= 0.6 is 0 Å². The monoisotopic (exact) mass is 512 g/mol. The number of amides is 3. The fourth-order valence-electron chi connectivity index (χ4n) is 3.75. The van der Waals surface area contributed by atoms with Crippen LogP contribution in [0.3, 0.4) is 0 Å². The molecule has 0 spiro atoms. The number of hydrogen-bond acceptors (Lipinski definition) is 6. The Morgan fingerprint density at radius 3 is 2.18 bits per heavy atom. The second kappa shape index (κ2) is 11.8. The number of fused-ring (bicyclic) bond motifs is 1. The van der Waals surface area contributed by atoms with Crippen LogP contribution in [0.25, 0.3) is 10.9 Å². The molecule has 4 rings (SSSR count). The van der Waals surface area contributed by atoms with Crippen molar-refractivity contribution in [3.05, 3.63) is 84.6 Å². The minimum absolute atomic E-state index is 0.249. The number of ether oxygens (including phenoxy) is 3. The molecule has 0 radical (unpaired) electrons. The van der Waals surface area contributed by atoms with Gasteiger partial charge in [0.1, 0.15) is 11.5 Å². The van der Waals surface area contributed by atoms with E-state index in [4.69, 9.17) is 14.2 Å². The Hall–Kier alpha value is -5.05. The van der Waals surface area contributed by atoms with Crippen molar-refractivity contribution in [2.75, 3.05) is 30.2 Å². The number of methoxy groups -OCH3 is 2. The Bertz CT molecular complexity index is 1520. The first-order chi connectivity index (χ1) is 18.4. The maximum atomic E-state index is 12.7. The first-order valence-corrected chi connectivity index (χ1v) is 11.8. The molecule has 9 heteroatoms. The van der Waals surface area contributed by atoms with E-state index < -0.39 is 6.03 Å². The lowest BCUT2D eigenvalue weighted by Gasteiger charge is -2.15. The number of aromatic nitrogens is 1. The zero-order valence-corrected chi connectivity index (χ0v) is 21.5. The summed E-state index contributed by atoms with van der Waals surface area (Å²) < 4.78 is 17.1. The number of pyridine rings is 1. The van der Waals surface area contributed by atoms with Crippen LogP contribution in [0.5, 0.6) is 23.0 Å². The summed E-state index contributed by atoms with van der Waals surface area (Å²) in [5, 5.41) is 9.08. The van der Waals surface area contributed by atoms with Crippen LogP contribution in [-0.4, -0.2) is 31.1 Å². The molecule has 4 aromatic rings. The number of aryl methyl sites for hydroxylation is 1. The molecular weight excluding hydrogens is 484 g/mol. The minimum atomic E-state index is -0.442. The Labute approximate surface area is 220 Å². The van der Waals surface area contributed by atoms with Crippen molar-refractivity contribution in [3.8, 4) is 23.0 Å². The molecule has 0 aliphatic heterocycles. The van der Waals surface area contributed by atoms with E-state index in [1.165, 1.54) is 6.08 Å². The van der Waals surface area contributed by atoms with Gasteiger partial charge in [0.15, 0.2) is 11.5 Å². The predicted octanol–water partition coefficient (Wildman–Crippen LogP) is 6.51. The summed E-state index contributed by atoms with van der Waals surface area (Å²) in [5.74, 6) is 2.04. The van der Waals surface area contributed by atoms with Gasteiger partial charge in [0, 0.05) is 40.8 Å². The highest BCUT2D eigenvalue weighted by Crippen LogP contribution is 2.38. The third-order valence-corrected chi connectivity index (χ3v) is 5.58. The topological polar surface area (TPSA) is 111 Å². The largest absolute Gasteiger partial charge is 0.493 e. The van der Waals surface area contributed by atoms with Gasteiger partial charge < -0.3 is 30.2 Å². The maximum Gasteiger partial charge on any atom is 0.323 e. The van der Waals surface area contributed by atoms with Gasteiger partial charge in [-0.1, -0.05) is 18.2 Å². The van der Waals surface area contributed by atoms with Crippen LogP contribution in [0.1, 0.15) is 12.5 Å². The average molecular weight is 513 g/mol. The van der Waals surface area contributed by atoms with E-state index in [1.807, 2.05) is 19.1 Å². The molecule has 0 unspecified atom stereocenters. The second-order valence-electron chi connectivity index (χ2n) is 8.26. The normalized spacial score (nSPS) is 10.7. The molecule has 0 atom stereocenters. The number of anilines is 3. The van der Waals surface area contributed by atoms with E-state index in [-0.39, 0.29) is 5.91 Å². The Balaban J connectivity index is 1.51. The van der Waals surface area contributed by atoms with E-state index in [0.717, 1.165) is 10.9 Å². The number of carbonyl (C=O) groups is 2. The summed E-state index contributed by atoms with van der Waals surface area (Å²) in [6.45, 7) is 3.68. The summed E-state index contributed by atoms with van der Waals surface area (Å²) in [6.07, 6.45) is 4.73. The van der Waals surface area contributed by atoms with Crippen LogP contribution in [0, 0.1) is 6.92 Å². The molecule has 0 fully saturated rings. The molecule has 1 heterocycles. The van der Waals surface area contributed by atoms with Crippen molar-refractivity contribution < 1.29 is 23.8 Å². The van der Waals surface area contributed by atoms with Crippen molar-refractivity contribution in [1.82, 2.24) is 4.98 Å². The number of hydrogen-bond donors (Lipinski definition) is 3. The molecule has 3 amide bonds. The van der Waals surface area contributed by atoms with Gasteiger partial charge in [0.25, 0.3) is 0 Å². The zero-order chi connectivity index (χ0) is 27.1. The van der Waals surface area contributed by atoms with Crippen LogP contribution in [0.2, 0.25) is 0 Å². The first kappa shape index (κ1) is 26.0. The van der Waals surface area contributed by atoms with Crippen molar-refractivity contribution in [1.29, 1.82) is 0 Å². The molecule has 194 valence electrons. The highest BCUT2D eigenvalue weighted by molar-refractivity contribution is 6.02. The lowest BCUT2D eigenvalue weighted by Crippen LogP contribution is -2.19. The number of rotatable bonds is 8. The van der Waals surface area contributed by atoms with E-state index in [0.29, 0.717) is 45.6 Å². The lowest BCUT2D eigenvalue weighted by atomic mass is 10.1. The Morgan fingerprint density at radius 1 is 0.789 bits per heavy atom. The number of urea groups is 1. The van der Waals surface area contributed by atoms with Crippen molar-refractivity contribution in [2.45, 2.75) is 13.8 Å². The first-order valence-electron chi connectivity index (χ1n) is 11.8. The fourth-order valence-corrected chi connectivity index (χ4v) is 3.75. The molecule has 0 saturated carbocycles. The SMILES string of the molecule is C/C=C/C(=O)Nc1cccc(NC(=O)Nc2ccc(C)c(Oc3ccnc4cc(OC)c(OC)cc34)c2)c1. The van der Waals surface area contributed by atoms with Gasteiger partial charge in [0.05, 0.1) is 19.7 Å². The summed E-state index contributed by atoms with van der Waals surface area (Å²) >= 11 is 0. The molecule has 38 heavy (non-hydrogen) atoms. The molecule has 0 saturated heterocycles. The minimum Gasteiger partial charge on any atom is -0.493 e. The molecule has 0 bridgehead atoms. The molecule has 0 aliphatic rings. The summed E-state index contributed by atoms with van der Waals surface area (Å²) in [4.78, 5) is 28.9. The van der Waals surface area contributed by atoms with Gasteiger partial charge in [-0.25, -0.2) is 4.79 Å². The van der Waals surface area contributed by atoms with Crippen LogP contribution in [-0.2, 0) is 4.79 Å². The van der Waals surface area contributed by atoms with Crippen LogP contribution in [0.4, 0.5) is 21.9 Å². The van der Waals surface area contributed by atoms with Gasteiger partial charge in [-0.2, -0.15) is 0 Å². The lowest BCUT2D eigenvalue weighted by molar-refractivity contribution is -0.111. The number of allylic oxidation sites excluding steroid dienone is 1. The molecule has 1 aromatic heterocycles. The van der Waals surface area contributed by atoms with Crippen molar-refractivity contribution in [3.63, 3.8) is 0 Å². The average Bonchev–Trinajstić information content (AvgIpc) is 2.90. The number of nitrogens with zero attached hydrogens (tertiary/aromatic N) is 1. The Kier molecular flexibility index (Phi) is 8.07. The van der Waals surface area contributed by atoms with Gasteiger partial charge in [-0.15, -0.1) is 0 Å². The molecule has 3 N–H and O–H groups in total. The predicted molar refractivity (Wildman–Crippen MR) is 149 cm³/mol. The van der Waals surface area contributed by atoms with E-state index in [2.05, 4.69) is 20.9 Å². The molecule has 9 nitrogen and oxygen atoms in total. The van der Waals surface area contributed by atoms with Gasteiger partial charge >= 0.3 is 6.03 Å². The number of carbonyl (C=O) groups excluding carboxylic acids is 2. The summed E-state index contributed by atoms with van der Waals surface area (Å²) in [7, 11) is 3.14. The zero-order valence-electron chi connectivity index (χ0n) is 21.5. The van der Waals surface area contributed by atoms with Crippen LogP contribution in [0.15, 0.2) is 79.0 Å². The Morgan fingerprint density at radius 2 is 1.47 bits per heavy atom. The summed E-state index contributed by atoms with van der Waals surface area (Å²) in [5.41, 5.74) is 3.20. The van der Waals surface area contributed by atoms with E-state index in [9.17, 15) is 9.59 Å². The number of nitrogens with one attached hydrogen (secondary N) is 3. The van der Waals surface area contributed by atoms with E-state index in [1.54, 1.807) is 81.9 Å². The smallest absolute Gasteiger partial charge is 0.323 e. The quantitative estimate of drug-likeness (QED) is 0.232. The van der Waals surface area contributed by atoms with Gasteiger partial charge in [-0.05, 0) is 61.9 Å². The third kappa shape index (κ3) is 6.19. The second-order valence-corrected chi connectivity index (χ2v) is 8.26. The standard InChI is InChI=1S/C29H28N4O5/c1-5-7-28(34)31-19-8-6-9-20(14-19)32-29(35)33-21-11-10-18(2)25(15-21)38-24-12-13-30-23-17-27(37-4)26(36-3)16-22(23)24/h5-17H,1-4H3,(H,31,34)(H2,32,33,35)/b7-5+. The highest BCUT2D eigenvalue weighted by Gasteiger charge is 2.13. The van der Waals surface area contributed by atoms with Gasteiger partial charge in [0.2, 0.25) is 5.91 Å². The highest BCUT2D eigenvalue weighted by atomic mass is 16.5. The van der Waals surface area contributed by atoms with Gasteiger partial charge in [-0.3, -0.25) is 9.78 Å².